The number of hydrogen-bond donors (Lipinski definition) is 1. The lowest BCUT2D eigenvalue weighted by Crippen LogP contribution is -1.90. The van der Waals surface area contributed by atoms with E-state index in [1.54, 1.807) is 20.1 Å². The first-order valence-electron chi connectivity index (χ1n) is 6.43. The number of aliphatic hydroxyl groups is 1. The standard InChI is InChI=1S/C17H15NO2/c1-11(19)9-17-15-10-12(20-2)7-8-13(15)14-5-3-4-6-16(14)18-17/h3-10,19H,1-2H3/b11-9-. The molecule has 0 radical (unpaired) electrons. The smallest absolute Gasteiger partial charge is 0.119 e. The van der Waals surface area contributed by atoms with Gasteiger partial charge in [-0.15, -0.1) is 0 Å². The van der Waals surface area contributed by atoms with Gasteiger partial charge in [-0.2, -0.15) is 0 Å². The number of hydrogen-bond acceptors (Lipinski definition) is 3. The van der Waals surface area contributed by atoms with Crippen molar-refractivity contribution in [2.75, 3.05) is 7.11 Å². The Labute approximate surface area is 117 Å². The maximum Gasteiger partial charge on any atom is 0.119 e. The zero-order chi connectivity index (χ0) is 14.1. The molecule has 3 heteroatoms. The molecule has 0 bridgehead atoms. The fraction of sp³-hybridized carbons (Fsp3) is 0.118. The van der Waals surface area contributed by atoms with Crippen LogP contribution in [0.3, 0.4) is 0 Å². The molecule has 0 unspecified atom stereocenters. The van der Waals surface area contributed by atoms with Crippen LogP contribution in [0.2, 0.25) is 0 Å². The minimum Gasteiger partial charge on any atom is -0.513 e. The Bertz CT molecular complexity index is 818. The lowest BCUT2D eigenvalue weighted by molar-refractivity contribution is 0.415. The third-order valence-corrected chi connectivity index (χ3v) is 3.28. The molecule has 0 atom stereocenters. The molecular weight excluding hydrogens is 250 g/mol. The van der Waals surface area contributed by atoms with Crippen LogP contribution < -0.4 is 4.74 Å². The van der Waals surface area contributed by atoms with Gasteiger partial charge >= 0.3 is 0 Å². The molecule has 0 aliphatic heterocycles. The molecule has 0 saturated carbocycles. The van der Waals surface area contributed by atoms with Gasteiger partial charge in [-0.3, -0.25) is 0 Å². The van der Waals surface area contributed by atoms with E-state index in [4.69, 9.17) is 4.74 Å². The first-order chi connectivity index (χ1) is 9.69. The van der Waals surface area contributed by atoms with Crippen LogP contribution in [0.1, 0.15) is 12.6 Å². The Hall–Kier alpha value is -2.55. The van der Waals surface area contributed by atoms with Crippen molar-refractivity contribution in [1.82, 2.24) is 4.98 Å². The molecule has 100 valence electrons. The van der Waals surface area contributed by atoms with Crippen LogP contribution in [0.25, 0.3) is 27.8 Å². The maximum absolute atomic E-state index is 9.55. The number of benzene rings is 2. The predicted molar refractivity (Wildman–Crippen MR) is 82.1 cm³/mol. The summed E-state index contributed by atoms with van der Waals surface area (Å²) < 4.78 is 5.28. The SMILES string of the molecule is COc1ccc2c(c1)c(/C=C(/C)O)nc1ccccc12. The number of para-hydroxylation sites is 1. The summed E-state index contributed by atoms with van der Waals surface area (Å²) in [6, 6.07) is 13.9. The number of ether oxygens (including phenoxy) is 1. The van der Waals surface area contributed by atoms with Crippen LogP contribution in [0.4, 0.5) is 0 Å². The molecule has 20 heavy (non-hydrogen) atoms. The number of methoxy groups -OCH3 is 1. The highest BCUT2D eigenvalue weighted by molar-refractivity contribution is 6.08. The Morgan fingerprint density at radius 3 is 2.65 bits per heavy atom. The van der Waals surface area contributed by atoms with Crippen LogP contribution in [-0.2, 0) is 0 Å². The van der Waals surface area contributed by atoms with Gasteiger partial charge in [-0.1, -0.05) is 18.2 Å². The second-order valence-electron chi connectivity index (χ2n) is 4.71. The summed E-state index contributed by atoms with van der Waals surface area (Å²) in [6.45, 7) is 1.64. The van der Waals surface area contributed by atoms with Crippen molar-refractivity contribution >= 4 is 27.8 Å². The third-order valence-electron chi connectivity index (χ3n) is 3.28. The summed E-state index contributed by atoms with van der Waals surface area (Å²) in [6.07, 6.45) is 1.67. The van der Waals surface area contributed by atoms with Gasteiger partial charge in [0.15, 0.2) is 0 Å². The lowest BCUT2D eigenvalue weighted by atomic mass is 10.0. The van der Waals surface area contributed by atoms with Gasteiger partial charge in [0.2, 0.25) is 0 Å². The second-order valence-corrected chi connectivity index (χ2v) is 4.71. The minimum atomic E-state index is 0.233. The topological polar surface area (TPSA) is 42.4 Å². The fourth-order valence-corrected chi connectivity index (χ4v) is 2.39. The van der Waals surface area contributed by atoms with E-state index in [-0.39, 0.29) is 5.76 Å². The highest BCUT2D eigenvalue weighted by Crippen LogP contribution is 2.30. The molecule has 0 amide bonds. The summed E-state index contributed by atoms with van der Waals surface area (Å²) in [7, 11) is 1.64. The predicted octanol–water partition coefficient (Wildman–Crippen LogP) is 4.32. The number of rotatable bonds is 2. The van der Waals surface area contributed by atoms with Gasteiger partial charge in [0.1, 0.15) is 5.75 Å². The number of fused-ring (bicyclic) bond motifs is 3. The van der Waals surface area contributed by atoms with Crippen LogP contribution in [-0.4, -0.2) is 17.2 Å². The maximum atomic E-state index is 9.55. The molecule has 0 spiro atoms. The summed E-state index contributed by atoms with van der Waals surface area (Å²) in [5.41, 5.74) is 1.66. The molecule has 0 aliphatic carbocycles. The minimum absolute atomic E-state index is 0.233. The molecule has 0 saturated heterocycles. The Morgan fingerprint density at radius 2 is 1.90 bits per heavy atom. The molecule has 0 aliphatic rings. The average Bonchev–Trinajstić information content (AvgIpc) is 2.46. The van der Waals surface area contributed by atoms with E-state index in [1.807, 2.05) is 36.4 Å². The first kappa shape index (κ1) is 12.5. The van der Waals surface area contributed by atoms with Crippen LogP contribution in [0, 0.1) is 0 Å². The molecule has 0 fully saturated rings. The summed E-state index contributed by atoms with van der Waals surface area (Å²) in [5.74, 6) is 1.01. The van der Waals surface area contributed by atoms with E-state index >= 15 is 0 Å². The molecule has 1 heterocycles. The van der Waals surface area contributed by atoms with E-state index < -0.39 is 0 Å². The summed E-state index contributed by atoms with van der Waals surface area (Å²) in [5, 5.41) is 12.7. The van der Waals surface area contributed by atoms with Crippen molar-refractivity contribution in [3.8, 4) is 5.75 Å². The van der Waals surface area contributed by atoms with Crippen molar-refractivity contribution in [3.05, 3.63) is 53.9 Å². The number of aromatic nitrogens is 1. The Kier molecular flexibility index (Phi) is 3.03. The van der Waals surface area contributed by atoms with Gasteiger partial charge in [-0.05, 0) is 36.6 Å². The number of aliphatic hydroxyl groups excluding tert-OH is 1. The van der Waals surface area contributed by atoms with Crippen molar-refractivity contribution in [2.45, 2.75) is 6.92 Å². The number of allylic oxidation sites excluding steroid dienone is 1. The van der Waals surface area contributed by atoms with Crippen molar-refractivity contribution in [2.24, 2.45) is 0 Å². The van der Waals surface area contributed by atoms with Crippen LogP contribution in [0.15, 0.2) is 48.2 Å². The fourth-order valence-electron chi connectivity index (χ4n) is 2.39. The van der Waals surface area contributed by atoms with Crippen LogP contribution >= 0.6 is 0 Å². The van der Waals surface area contributed by atoms with Crippen LogP contribution in [0.5, 0.6) is 5.75 Å². The highest BCUT2D eigenvalue weighted by Gasteiger charge is 2.08. The van der Waals surface area contributed by atoms with Gasteiger partial charge in [0.05, 0.1) is 24.1 Å². The first-order valence-corrected chi connectivity index (χ1v) is 6.43. The molecule has 1 N–H and O–H groups in total. The monoisotopic (exact) mass is 265 g/mol. The van der Waals surface area contributed by atoms with Crippen molar-refractivity contribution in [1.29, 1.82) is 0 Å². The number of pyridine rings is 1. The van der Waals surface area contributed by atoms with Crippen molar-refractivity contribution in [3.63, 3.8) is 0 Å². The Morgan fingerprint density at radius 1 is 1.10 bits per heavy atom. The quantitative estimate of drug-likeness (QED) is 0.554. The lowest BCUT2D eigenvalue weighted by Gasteiger charge is -2.09. The van der Waals surface area contributed by atoms with Gasteiger partial charge < -0.3 is 9.84 Å². The van der Waals surface area contributed by atoms with E-state index in [0.717, 1.165) is 33.1 Å². The zero-order valence-electron chi connectivity index (χ0n) is 11.4. The second kappa shape index (κ2) is 4.85. The molecule has 2 aromatic carbocycles. The summed E-state index contributed by atoms with van der Waals surface area (Å²) in [4.78, 5) is 4.63. The molecule has 1 aromatic heterocycles. The third kappa shape index (κ3) is 2.07. The van der Waals surface area contributed by atoms with E-state index in [1.165, 1.54) is 0 Å². The molecule has 3 aromatic rings. The summed E-state index contributed by atoms with van der Waals surface area (Å²) >= 11 is 0. The normalized spacial score (nSPS) is 12.0. The van der Waals surface area contributed by atoms with Gasteiger partial charge in [-0.25, -0.2) is 4.98 Å². The van der Waals surface area contributed by atoms with E-state index in [2.05, 4.69) is 11.1 Å². The Balaban J connectivity index is 2.46. The number of nitrogens with zero attached hydrogens (tertiary/aromatic N) is 1. The molecular formula is C17H15NO2. The van der Waals surface area contributed by atoms with E-state index in [9.17, 15) is 5.11 Å². The van der Waals surface area contributed by atoms with E-state index in [0.29, 0.717) is 0 Å². The van der Waals surface area contributed by atoms with Gasteiger partial charge in [0, 0.05) is 16.8 Å². The zero-order valence-corrected chi connectivity index (χ0v) is 11.4. The van der Waals surface area contributed by atoms with Crippen molar-refractivity contribution < 1.29 is 9.84 Å². The molecule has 3 nitrogen and oxygen atoms in total. The largest absolute Gasteiger partial charge is 0.513 e. The molecule has 3 rings (SSSR count). The average molecular weight is 265 g/mol. The van der Waals surface area contributed by atoms with Gasteiger partial charge in [0.25, 0.3) is 0 Å². The highest BCUT2D eigenvalue weighted by atomic mass is 16.5.